The third-order valence-corrected chi connectivity index (χ3v) is 6.89. The number of halogens is 1. The highest BCUT2D eigenvalue weighted by atomic mass is 35.5. The maximum atomic E-state index is 13.2. The van der Waals surface area contributed by atoms with Crippen molar-refractivity contribution in [3.8, 4) is 5.75 Å². The van der Waals surface area contributed by atoms with Crippen LogP contribution in [-0.2, 0) is 26.1 Å². The van der Waals surface area contributed by atoms with Crippen molar-refractivity contribution in [2.24, 2.45) is 0 Å². The lowest BCUT2D eigenvalue weighted by molar-refractivity contribution is 0.0766. The van der Waals surface area contributed by atoms with Crippen molar-refractivity contribution in [1.29, 1.82) is 0 Å². The number of hydrogen-bond donors (Lipinski definition) is 3. The Bertz CT molecular complexity index is 1270. The van der Waals surface area contributed by atoms with Gasteiger partial charge in [-0.1, -0.05) is 54.6 Å². The third-order valence-electron chi connectivity index (χ3n) is 6.89. The lowest BCUT2D eigenvalue weighted by atomic mass is 9.93. The van der Waals surface area contributed by atoms with Gasteiger partial charge in [0.15, 0.2) is 0 Å². The molecule has 3 aromatic carbocycles. The van der Waals surface area contributed by atoms with Gasteiger partial charge in [0, 0.05) is 37.8 Å². The van der Waals surface area contributed by atoms with Crippen molar-refractivity contribution < 1.29 is 19.4 Å². The zero-order valence-electron chi connectivity index (χ0n) is 20.8. The number of benzene rings is 3. The van der Waals surface area contributed by atoms with Crippen LogP contribution in [-0.4, -0.2) is 47.1 Å². The molecule has 2 unspecified atom stereocenters. The number of hydrogen-bond acceptors (Lipinski definition) is 5. The molecule has 37 heavy (non-hydrogen) atoms. The molecule has 0 saturated carbocycles. The van der Waals surface area contributed by atoms with E-state index in [0.29, 0.717) is 49.5 Å². The van der Waals surface area contributed by atoms with E-state index in [4.69, 9.17) is 4.74 Å². The number of aliphatic hydroxyl groups is 1. The van der Waals surface area contributed by atoms with Crippen LogP contribution < -0.4 is 15.4 Å². The van der Waals surface area contributed by atoms with E-state index < -0.39 is 6.10 Å². The Hall–Kier alpha value is -3.39. The van der Waals surface area contributed by atoms with Gasteiger partial charge < -0.3 is 25.4 Å². The molecule has 0 saturated heterocycles. The van der Waals surface area contributed by atoms with Gasteiger partial charge in [-0.25, -0.2) is 0 Å². The fraction of sp³-hybridized carbons (Fsp3) is 0.310. The molecule has 0 aliphatic carbocycles. The van der Waals surface area contributed by atoms with Crippen LogP contribution in [0.1, 0.15) is 49.9 Å². The molecule has 2 amide bonds. The molecule has 0 spiro atoms. The molecule has 0 bridgehead atoms. The van der Waals surface area contributed by atoms with Gasteiger partial charge in [-0.2, -0.15) is 0 Å². The largest absolute Gasteiger partial charge is 0.493 e. The summed E-state index contributed by atoms with van der Waals surface area (Å²) in [5.74, 6) is -0.0193. The summed E-state index contributed by atoms with van der Waals surface area (Å²) in [7, 11) is 0. The van der Waals surface area contributed by atoms with E-state index in [9.17, 15) is 14.7 Å². The first-order chi connectivity index (χ1) is 17.5. The van der Waals surface area contributed by atoms with Gasteiger partial charge in [0.05, 0.1) is 18.3 Å². The highest BCUT2D eigenvalue weighted by Gasteiger charge is 2.31. The van der Waals surface area contributed by atoms with Crippen LogP contribution in [0.15, 0.2) is 66.7 Å². The summed E-state index contributed by atoms with van der Waals surface area (Å²) in [6.07, 6.45) is -0.0366. The van der Waals surface area contributed by atoms with Crippen molar-refractivity contribution in [2.75, 3.05) is 13.2 Å². The summed E-state index contributed by atoms with van der Waals surface area (Å²) in [6.45, 7) is 3.95. The van der Waals surface area contributed by atoms with E-state index in [1.165, 1.54) is 11.1 Å². The van der Waals surface area contributed by atoms with Crippen molar-refractivity contribution in [1.82, 2.24) is 15.5 Å². The average molecular weight is 522 g/mol. The zero-order chi connectivity index (χ0) is 25.1. The minimum absolute atomic E-state index is 0. The Balaban J connectivity index is 0.00000320. The smallest absolute Gasteiger partial charge is 0.255 e. The van der Waals surface area contributed by atoms with Gasteiger partial charge in [-0.15, -0.1) is 12.4 Å². The molecule has 5 rings (SSSR count). The number of amides is 2. The number of carbonyl (C=O) groups is 2. The maximum Gasteiger partial charge on any atom is 0.255 e. The minimum Gasteiger partial charge on any atom is -0.493 e. The number of fused-ring (bicyclic) bond motifs is 2. The van der Waals surface area contributed by atoms with Crippen LogP contribution in [0.2, 0.25) is 0 Å². The predicted molar refractivity (Wildman–Crippen MR) is 144 cm³/mol. The van der Waals surface area contributed by atoms with E-state index in [-0.39, 0.29) is 36.8 Å². The number of ether oxygens (including phenoxy) is 1. The van der Waals surface area contributed by atoms with Crippen molar-refractivity contribution in [3.05, 3.63) is 100 Å². The lowest BCUT2D eigenvalue weighted by Gasteiger charge is -2.30. The van der Waals surface area contributed by atoms with Gasteiger partial charge in [-0.05, 0) is 47.7 Å². The van der Waals surface area contributed by atoms with Crippen LogP contribution in [0.25, 0.3) is 0 Å². The second-order valence-electron chi connectivity index (χ2n) is 9.32. The molecule has 2 aliphatic heterocycles. The fourth-order valence-electron chi connectivity index (χ4n) is 4.97. The summed E-state index contributed by atoms with van der Waals surface area (Å²) in [6, 6.07) is 21.3. The standard InChI is InChI=1S/C29H31N3O4.ClH/c1-2-36-27-14-23-22(18-32(29(23)35)17-19-8-4-3-5-9-19)12-24(27)28(34)31-16-26(33)25-13-20-10-6-7-11-21(20)15-30-25;/h3-12,14,25-26,30,33H,2,13,15-18H2,1H3,(H,31,34);1H. The van der Waals surface area contributed by atoms with Gasteiger partial charge in [0.1, 0.15) is 5.75 Å². The Labute approximate surface area is 223 Å². The quantitative estimate of drug-likeness (QED) is 0.422. The Kier molecular flexibility index (Phi) is 8.48. The highest BCUT2D eigenvalue weighted by molar-refractivity contribution is 6.03. The molecule has 0 aromatic heterocycles. The monoisotopic (exact) mass is 521 g/mol. The van der Waals surface area contributed by atoms with Crippen LogP contribution in [0, 0.1) is 0 Å². The van der Waals surface area contributed by atoms with E-state index in [2.05, 4.69) is 22.8 Å². The summed E-state index contributed by atoms with van der Waals surface area (Å²) in [5, 5.41) is 17.0. The molecule has 0 radical (unpaired) electrons. The molecule has 2 heterocycles. The summed E-state index contributed by atoms with van der Waals surface area (Å²) in [5.41, 5.74) is 5.24. The predicted octanol–water partition coefficient (Wildman–Crippen LogP) is 3.47. The van der Waals surface area contributed by atoms with Crippen LogP contribution >= 0.6 is 12.4 Å². The van der Waals surface area contributed by atoms with Gasteiger partial charge in [0.2, 0.25) is 0 Å². The molecule has 3 aromatic rings. The van der Waals surface area contributed by atoms with Crippen LogP contribution in [0.5, 0.6) is 5.75 Å². The van der Waals surface area contributed by atoms with E-state index in [1.807, 2.05) is 49.4 Å². The molecule has 2 aliphatic rings. The molecule has 7 nitrogen and oxygen atoms in total. The summed E-state index contributed by atoms with van der Waals surface area (Å²) in [4.78, 5) is 28.0. The number of rotatable bonds is 8. The van der Waals surface area contributed by atoms with Crippen LogP contribution in [0.4, 0.5) is 0 Å². The Morgan fingerprint density at radius 3 is 2.59 bits per heavy atom. The normalized spacial score (nSPS) is 16.9. The fourth-order valence-corrected chi connectivity index (χ4v) is 4.97. The second kappa shape index (κ2) is 11.8. The average Bonchev–Trinajstić information content (AvgIpc) is 3.21. The second-order valence-corrected chi connectivity index (χ2v) is 9.32. The van der Waals surface area contributed by atoms with Gasteiger partial charge in [0.25, 0.3) is 11.8 Å². The minimum atomic E-state index is -0.741. The first kappa shape index (κ1) is 26.7. The lowest BCUT2D eigenvalue weighted by Crippen LogP contribution is -2.49. The topological polar surface area (TPSA) is 90.9 Å². The summed E-state index contributed by atoms with van der Waals surface area (Å²) < 4.78 is 5.74. The Morgan fingerprint density at radius 2 is 1.84 bits per heavy atom. The maximum absolute atomic E-state index is 13.2. The Morgan fingerprint density at radius 1 is 1.11 bits per heavy atom. The first-order valence-corrected chi connectivity index (χ1v) is 12.4. The van der Waals surface area contributed by atoms with Crippen molar-refractivity contribution >= 4 is 24.2 Å². The SMILES string of the molecule is CCOc1cc2c(cc1C(=O)NCC(O)C1Cc3ccccc3CN1)CN(Cc1ccccc1)C2=O.Cl. The van der Waals surface area contributed by atoms with E-state index in [0.717, 1.165) is 11.1 Å². The van der Waals surface area contributed by atoms with Crippen LogP contribution in [0.3, 0.4) is 0 Å². The van der Waals surface area contributed by atoms with E-state index >= 15 is 0 Å². The van der Waals surface area contributed by atoms with Crippen molar-refractivity contribution in [3.63, 3.8) is 0 Å². The first-order valence-electron chi connectivity index (χ1n) is 12.4. The molecule has 8 heteroatoms. The molecular formula is C29H32ClN3O4. The number of nitrogens with zero attached hydrogens (tertiary/aromatic N) is 1. The molecule has 0 fully saturated rings. The van der Waals surface area contributed by atoms with Gasteiger partial charge >= 0.3 is 0 Å². The number of aliphatic hydroxyl groups excluding tert-OH is 1. The molecular weight excluding hydrogens is 490 g/mol. The number of nitrogens with one attached hydrogen (secondary N) is 2. The molecule has 2 atom stereocenters. The zero-order valence-corrected chi connectivity index (χ0v) is 21.6. The highest BCUT2D eigenvalue weighted by Crippen LogP contribution is 2.31. The van der Waals surface area contributed by atoms with Gasteiger partial charge in [-0.3, -0.25) is 9.59 Å². The van der Waals surface area contributed by atoms with E-state index in [1.54, 1.807) is 17.0 Å². The third kappa shape index (κ3) is 5.80. The van der Waals surface area contributed by atoms with Crippen molar-refractivity contribution in [2.45, 2.75) is 45.1 Å². The molecule has 3 N–H and O–H groups in total. The number of carbonyl (C=O) groups excluding carboxylic acids is 2. The molecule has 194 valence electrons. The summed E-state index contributed by atoms with van der Waals surface area (Å²) >= 11 is 0.